The predicted molar refractivity (Wildman–Crippen MR) is 120 cm³/mol. The van der Waals surface area contributed by atoms with Gasteiger partial charge in [-0.3, -0.25) is 25.0 Å². The number of benzene rings is 3. The van der Waals surface area contributed by atoms with Crippen molar-refractivity contribution < 1.29 is 24.3 Å². The molecule has 0 aromatic heterocycles. The molecule has 0 spiro atoms. The number of nitrogens with zero attached hydrogens (tertiary/aromatic N) is 4. The van der Waals surface area contributed by atoms with Gasteiger partial charge in [0.05, 0.1) is 32.9 Å². The van der Waals surface area contributed by atoms with Crippen molar-refractivity contribution in [2.45, 2.75) is 0 Å². The number of hydrogen-bond acceptors (Lipinski definition) is 9. The van der Waals surface area contributed by atoms with E-state index in [0.29, 0.717) is 5.69 Å². The lowest BCUT2D eigenvalue weighted by Gasteiger charge is -2.04. The zero-order valence-corrected chi connectivity index (χ0v) is 17.2. The lowest BCUT2D eigenvalue weighted by molar-refractivity contribution is -0.394. The maximum absolute atomic E-state index is 12.2. The summed E-state index contributed by atoms with van der Waals surface area (Å²) in [6, 6.07) is 17.6. The number of azo groups is 1. The number of nitrogens with one attached hydrogen (secondary N) is 1. The predicted octanol–water partition coefficient (Wildman–Crippen LogP) is 5.01. The summed E-state index contributed by atoms with van der Waals surface area (Å²) in [5.74, 6) is -1.61. The van der Waals surface area contributed by atoms with Crippen molar-refractivity contribution in [3.05, 3.63) is 110 Å². The van der Waals surface area contributed by atoms with E-state index in [1.165, 1.54) is 30.3 Å². The lowest BCUT2D eigenvalue weighted by Crippen LogP contribution is -2.07. The van der Waals surface area contributed by atoms with E-state index in [2.05, 4.69) is 15.7 Å². The molecule has 3 aromatic rings. The summed E-state index contributed by atoms with van der Waals surface area (Å²) < 4.78 is 0. The first-order valence-corrected chi connectivity index (χ1v) is 9.52. The molecule has 34 heavy (non-hydrogen) atoms. The van der Waals surface area contributed by atoms with Crippen LogP contribution in [0.3, 0.4) is 0 Å². The molecule has 3 aromatic carbocycles. The molecule has 0 aliphatic heterocycles. The summed E-state index contributed by atoms with van der Waals surface area (Å²) in [7, 11) is 0. The van der Waals surface area contributed by atoms with Crippen molar-refractivity contribution in [1.29, 1.82) is 0 Å². The quantitative estimate of drug-likeness (QED) is 0.211. The van der Waals surface area contributed by atoms with Gasteiger partial charge in [-0.1, -0.05) is 30.3 Å². The van der Waals surface area contributed by atoms with Crippen LogP contribution in [-0.4, -0.2) is 21.7 Å². The summed E-state index contributed by atoms with van der Waals surface area (Å²) in [4.78, 5) is 49.1. The van der Waals surface area contributed by atoms with Gasteiger partial charge in [0.25, 0.3) is 17.3 Å². The molecular formula is C22H15N5O7. The van der Waals surface area contributed by atoms with Gasteiger partial charge in [-0.15, -0.1) is 10.2 Å². The average molecular weight is 461 g/mol. The first-order valence-electron chi connectivity index (χ1n) is 9.52. The highest BCUT2D eigenvalue weighted by molar-refractivity contribution is 5.96. The van der Waals surface area contributed by atoms with Crippen LogP contribution in [0.1, 0.15) is 15.9 Å². The molecule has 0 saturated carbocycles. The molecule has 0 unspecified atom stereocenters. The summed E-state index contributed by atoms with van der Waals surface area (Å²) in [6.45, 7) is 0. The third-order valence-corrected chi connectivity index (χ3v) is 4.18. The summed E-state index contributed by atoms with van der Waals surface area (Å²) in [5, 5.41) is 29.0. The van der Waals surface area contributed by atoms with Crippen molar-refractivity contribution in [1.82, 2.24) is 0 Å². The van der Waals surface area contributed by atoms with Crippen molar-refractivity contribution in [2.24, 2.45) is 10.2 Å². The molecule has 12 nitrogen and oxygen atoms in total. The molecule has 0 radical (unpaired) electrons. The molecule has 0 heterocycles. The van der Waals surface area contributed by atoms with Crippen molar-refractivity contribution in [2.75, 3.05) is 5.48 Å². The number of amides is 1. The van der Waals surface area contributed by atoms with Gasteiger partial charge in [0.2, 0.25) is 0 Å². The van der Waals surface area contributed by atoms with Crippen molar-refractivity contribution in [3.63, 3.8) is 0 Å². The smallest absolute Gasteiger partial charge is 0.339 e. The Morgan fingerprint density at radius 3 is 2.09 bits per heavy atom. The molecule has 0 aliphatic rings. The molecular weight excluding hydrogens is 446 g/mol. The number of nitro benzene ring substituents is 2. The monoisotopic (exact) mass is 461 g/mol. The third kappa shape index (κ3) is 6.62. The Balaban J connectivity index is 1.60. The van der Waals surface area contributed by atoms with Gasteiger partial charge < -0.3 is 4.84 Å². The standard InChI is InChI=1S/C22H15N5O7/c28-21(11-6-15-4-2-1-3-5-15)34-25-18-9-7-17(8-10-18)23-24-22(29)16-12-19(26(30)31)14-20(13-16)27(32)33/h1-14,25H. The minimum absolute atomic E-state index is 0.245. The Morgan fingerprint density at radius 2 is 1.50 bits per heavy atom. The lowest BCUT2D eigenvalue weighted by atomic mass is 10.1. The zero-order chi connectivity index (χ0) is 24.5. The SMILES string of the molecule is O=C(C=Cc1ccccc1)ONc1ccc(N=NC(=O)c2cc([N+](=O)[O-])cc([N+](=O)[O-])c2)cc1. The van der Waals surface area contributed by atoms with Gasteiger partial charge in [0.1, 0.15) is 0 Å². The van der Waals surface area contributed by atoms with Crippen molar-refractivity contribution >= 4 is 40.7 Å². The highest BCUT2D eigenvalue weighted by Crippen LogP contribution is 2.24. The Bertz CT molecular complexity index is 1260. The van der Waals surface area contributed by atoms with Crippen LogP contribution in [0.25, 0.3) is 6.08 Å². The summed E-state index contributed by atoms with van der Waals surface area (Å²) in [6.07, 6.45) is 2.86. The first-order chi connectivity index (χ1) is 16.3. The van der Waals surface area contributed by atoms with E-state index < -0.39 is 33.1 Å². The van der Waals surface area contributed by atoms with Crippen molar-refractivity contribution in [3.8, 4) is 0 Å². The second-order valence-corrected chi connectivity index (χ2v) is 6.57. The minimum atomic E-state index is -0.992. The van der Waals surface area contributed by atoms with E-state index in [4.69, 9.17) is 4.84 Å². The highest BCUT2D eigenvalue weighted by atomic mass is 16.7. The molecule has 0 saturated heterocycles. The van der Waals surface area contributed by atoms with Gasteiger partial charge in [-0.05, 0) is 35.9 Å². The Kier molecular flexibility index (Phi) is 7.47. The third-order valence-electron chi connectivity index (χ3n) is 4.18. The second-order valence-electron chi connectivity index (χ2n) is 6.57. The molecule has 0 atom stereocenters. The van der Waals surface area contributed by atoms with Crippen LogP contribution in [0.15, 0.2) is 89.1 Å². The number of hydrogen-bond donors (Lipinski definition) is 1. The van der Waals surface area contributed by atoms with E-state index in [9.17, 15) is 29.8 Å². The number of rotatable bonds is 8. The van der Waals surface area contributed by atoms with Crippen LogP contribution in [0, 0.1) is 20.2 Å². The molecule has 0 fully saturated rings. The average Bonchev–Trinajstić information content (AvgIpc) is 2.85. The molecule has 0 aliphatic carbocycles. The van der Waals surface area contributed by atoms with Gasteiger partial charge in [-0.25, -0.2) is 10.3 Å². The summed E-state index contributed by atoms with van der Waals surface area (Å²) in [5.41, 5.74) is 2.39. The fourth-order valence-electron chi connectivity index (χ4n) is 2.56. The van der Waals surface area contributed by atoms with Gasteiger partial charge in [0.15, 0.2) is 0 Å². The van der Waals surface area contributed by atoms with Crippen LogP contribution < -0.4 is 5.48 Å². The van der Waals surface area contributed by atoms with Crippen LogP contribution >= 0.6 is 0 Å². The first kappa shape index (κ1) is 23.4. The maximum atomic E-state index is 12.2. The molecule has 1 N–H and O–H groups in total. The van der Waals surface area contributed by atoms with E-state index in [0.717, 1.165) is 23.8 Å². The number of anilines is 1. The molecule has 12 heteroatoms. The maximum Gasteiger partial charge on any atom is 0.355 e. The number of non-ortho nitro benzene ring substituents is 2. The fraction of sp³-hybridized carbons (Fsp3) is 0. The van der Waals surface area contributed by atoms with Crippen LogP contribution in [0.2, 0.25) is 0 Å². The van der Waals surface area contributed by atoms with E-state index in [1.54, 1.807) is 6.08 Å². The Hall–Kier alpha value is -5.26. The van der Waals surface area contributed by atoms with E-state index in [1.807, 2.05) is 30.3 Å². The number of nitro groups is 2. The molecule has 0 bridgehead atoms. The molecule has 3 rings (SSSR count). The summed E-state index contributed by atoms with van der Waals surface area (Å²) >= 11 is 0. The highest BCUT2D eigenvalue weighted by Gasteiger charge is 2.19. The van der Waals surface area contributed by atoms with E-state index in [-0.39, 0.29) is 11.3 Å². The Morgan fingerprint density at radius 1 is 0.882 bits per heavy atom. The minimum Gasteiger partial charge on any atom is -0.339 e. The normalized spacial score (nSPS) is 10.8. The largest absolute Gasteiger partial charge is 0.355 e. The van der Waals surface area contributed by atoms with Crippen LogP contribution in [0.4, 0.5) is 22.7 Å². The molecule has 1 amide bonds. The van der Waals surface area contributed by atoms with Gasteiger partial charge in [-0.2, -0.15) is 0 Å². The van der Waals surface area contributed by atoms with Crippen LogP contribution in [-0.2, 0) is 9.63 Å². The van der Waals surface area contributed by atoms with Gasteiger partial charge in [0, 0.05) is 18.2 Å². The topological polar surface area (TPSA) is 166 Å². The van der Waals surface area contributed by atoms with Crippen LogP contribution in [0.5, 0.6) is 0 Å². The van der Waals surface area contributed by atoms with E-state index >= 15 is 0 Å². The number of carbonyl (C=O) groups excluding carboxylic acids is 2. The second kappa shape index (κ2) is 10.9. The van der Waals surface area contributed by atoms with Gasteiger partial charge >= 0.3 is 5.97 Å². The zero-order valence-electron chi connectivity index (χ0n) is 17.2. The Labute approximate surface area is 191 Å². The fourth-order valence-corrected chi connectivity index (χ4v) is 2.56. The number of carbonyl (C=O) groups is 2. The molecule has 170 valence electrons.